The largest absolute Gasteiger partial charge is 0.462 e. The number of aromatic nitrogens is 3. The average molecular weight is 447 g/mol. The highest BCUT2D eigenvalue weighted by atomic mass is 16.5. The molecule has 2 aromatic carbocycles. The number of hydrogen-bond donors (Lipinski definition) is 0. The third-order valence-electron chi connectivity index (χ3n) is 5.94. The Morgan fingerprint density at radius 2 is 1.79 bits per heavy atom. The standard InChI is InChI=1S/C26H30N4O3/c1-3-33-25(31)22-9-11-23(12-10-22)29-19-27-30(26(29)32)24-13-15-28(16-14-24)18-20(2)17-21-7-5-4-6-8-21/h4-12,17,19,24H,3,13-16,18H2,1-2H3. The number of benzene rings is 2. The van der Waals surface area contributed by atoms with Gasteiger partial charge in [0.05, 0.1) is 23.9 Å². The van der Waals surface area contributed by atoms with Crippen molar-refractivity contribution < 1.29 is 9.53 Å². The van der Waals surface area contributed by atoms with Crippen LogP contribution in [0.1, 0.15) is 48.7 Å². The summed E-state index contributed by atoms with van der Waals surface area (Å²) in [7, 11) is 0. The van der Waals surface area contributed by atoms with Gasteiger partial charge in [-0.1, -0.05) is 42.0 Å². The Morgan fingerprint density at radius 1 is 1.09 bits per heavy atom. The summed E-state index contributed by atoms with van der Waals surface area (Å²) in [5, 5.41) is 4.39. The summed E-state index contributed by atoms with van der Waals surface area (Å²) in [6, 6.07) is 17.3. The lowest BCUT2D eigenvalue weighted by Gasteiger charge is -2.31. The van der Waals surface area contributed by atoms with Crippen molar-refractivity contribution in [1.29, 1.82) is 0 Å². The molecule has 0 N–H and O–H groups in total. The fraction of sp³-hybridized carbons (Fsp3) is 0.346. The predicted molar refractivity (Wildman–Crippen MR) is 129 cm³/mol. The monoisotopic (exact) mass is 446 g/mol. The first-order valence-corrected chi connectivity index (χ1v) is 11.4. The second-order valence-corrected chi connectivity index (χ2v) is 8.40. The van der Waals surface area contributed by atoms with Crippen LogP contribution in [0.25, 0.3) is 11.8 Å². The molecule has 0 amide bonds. The number of carbonyl (C=O) groups is 1. The first-order valence-electron chi connectivity index (χ1n) is 11.4. The first-order chi connectivity index (χ1) is 16.0. The Morgan fingerprint density at radius 3 is 2.45 bits per heavy atom. The lowest BCUT2D eigenvalue weighted by atomic mass is 10.0. The SMILES string of the molecule is CCOC(=O)c1ccc(-n2cnn(C3CCN(CC(C)=Cc4ccccc4)CC3)c2=O)cc1. The molecule has 172 valence electrons. The highest BCUT2D eigenvalue weighted by Crippen LogP contribution is 2.21. The number of nitrogens with zero attached hydrogens (tertiary/aromatic N) is 4. The van der Waals surface area contributed by atoms with E-state index in [0.717, 1.165) is 32.5 Å². The molecule has 7 heteroatoms. The van der Waals surface area contributed by atoms with Crippen molar-refractivity contribution in [2.45, 2.75) is 32.7 Å². The summed E-state index contributed by atoms with van der Waals surface area (Å²) < 4.78 is 8.13. The Bertz CT molecular complexity index is 1150. The van der Waals surface area contributed by atoms with Gasteiger partial charge in [-0.25, -0.2) is 18.8 Å². The molecule has 3 aromatic rings. The first kappa shape index (κ1) is 22.7. The van der Waals surface area contributed by atoms with Crippen LogP contribution in [0.2, 0.25) is 0 Å². The summed E-state index contributed by atoms with van der Waals surface area (Å²) >= 11 is 0. The van der Waals surface area contributed by atoms with Crippen LogP contribution in [-0.4, -0.2) is 51.5 Å². The molecule has 2 heterocycles. The molecule has 33 heavy (non-hydrogen) atoms. The van der Waals surface area contributed by atoms with Crippen molar-refractivity contribution in [3.8, 4) is 5.69 Å². The fourth-order valence-corrected chi connectivity index (χ4v) is 4.27. The van der Waals surface area contributed by atoms with E-state index in [0.29, 0.717) is 17.9 Å². The zero-order valence-corrected chi connectivity index (χ0v) is 19.2. The van der Waals surface area contributed by atoms with Crippen molar-refractivity contribution in [2.75, 3.05) is 26.2 Å². The van der Waals surface area contributed by atoms with Gasteiger partial charge in [-0.15, -0.1) is 0 Å². The molecule has 0 spiro atoms. The molecule has 7 nitrogen and oxygen atoms in total. The zero-order valence-electron chi connectivity index (χ0n) is 19.2. The highest BCUT2D eigenvalue weighted by molar-refractivity contribution is 5.89. The van der Waals surface area contributed by atoms with Crippen molar-refractivity contribution in [2.24, 2.45) is 0 Å². The minimum Gasteiger partial charge on any atom is -0.462 e. The minimum absolute atomic E-state index is 0.0900. The molecular formula is C26H30N4O3. The van der Waals surface area contributed by atoms with Gasteiger partial charge < -0.3 is 4.74 Å². The van der Waals surface area contributed by atoms with E-state index in [1.807, 2.05) is 6.07 Å². The molecule has 0 unspecified atom stereocenters. The normalized spacial score (nSPS) is 15.5. The van der Waals surface area contributed by atoms with Gasteiger partial charge in [-0.2, -0.15) is 5.10 Å². The van der Waals surface area contributed by atoms with E-state index in [2.05, 4.69) is 47.3 Å². The predicted octanol–water partition coefficient (Wildman–Crippen LogP) is 3.95. The van der Waals surface area contributed by atoms with Crippen molar-refractivity contribution in [3.05, 3.63) is 88.1 Å². The molecule has 1 aromatic heterocycles. The maximum absolute atomic E-state index is 13.0. The molecular weight excluding hydrogens is 416 g/mol. The summed E-state index contributed by atoms with van der Waals surface area (Å²) in [4.78, 5) is 27.3. The van der Waals surface area contributed by atoms with Crippen molar-refractivity contribution in [3.63, 3.8) is 0 Å². The summed E-state index contributed by atoms with van der Waals surface area (Å²) in [6.45, 7) is 7.05. The molecule has 1 aliphatic rings. The number of likely N-dealkylation sites (tertiary alicyclic amines) is 1. The molecule has 1 aliphatic heterocycles. The molecule has 1 saturated heterocycles. The van der Waals surface area contributed by atoms with Crippen LogP contribution in [0.15, 0.2) is 71.3 Å². The van der Waals surface area contributed by atoms with Gasteiger partial charge >= 0.3 is 11.7 Å². The molecule has 0 radical (unpaired) electrons. The second-order valence-electron chi connectivity index (χ2n) is 8.40. The summed E-state index contributed by atoms with van der Waals surface area (Å²) in [6.07, 6.45) is 5.56. The molecule has 0 atom stereocenters. The fourth-order valence-electron chi connectivity index (χ4n) is 4.27. The van der Waals surface area contributed by atoms with E-state index in [1.165, 1.54) is 15.7 Å². The number of esters is 1. The smallest absolute Gasteiger partial charge is 0.350 e. The Balaban J connectivity index is 1.37. The third kappa shape index (κ3) is 5.49. The van der Waals surface area contributed by atoms with Gasteiger partial charge in [0.2, 0.25) is 0 Å². The molecule has 1 fully saturated rings. The maximum Gasteiger partial charge on any atom is 0.350 e. The van der Waals surface area contributed by atoms with Crippen molar-refractivity contribution in [1.82, 2.24) is 19.2 Å². The van der Waals surface area contributed by atoms with Gasteiger partial charge in [-0.3, -0.25) is 4.90 Å². The third-order valence-corrected chi connectivity index (χ3v) is 5.94. The van der Waals surface area contributed by atoms with Crippen LogP contribution >= 0.6 is 0 Å². The van der Waals surface area contributed by atoms with E-state index in [1.54, 1.807) is 42.2 Å². The van der Waals surface area contributed by atoms with Gasteiger partial charge in [0.25, 0.3) is 0 Å². The Labute approximate surface area is 193 Å². The second kappa shape index (κ2) is 10.4. The topological polar surface area (TPSA) is 69.4 Å². The lowest BCUT2D eigenvalue weighted by molar-refractivity contribution is 0.0526. The maximum atomic E-state index is 13.0. The Hall–Kier alpha value is -3.45. The van der Waals surface area contributed by atoms with E-state index < -0.39 is 0 Å². The van der Waals surface area contributed by atoms with Crippen LogP contribution < -0.4 is 5.69 Å². The number of hydrogen-bond acceptors (Lipinski definition) is 5. The van der Waals surface area contributed by atoms with Gasteiger partial charge in [0.1, 0.15) is 6.33 Å². The van der Waals surface area contributed by atoms with Crippen LogP contribution in [0.4, 0.5) is 0 Å². The number of rotatable bonds is 7. The quantitative estimate of drug-likeness (QED) is 0.514. The summed E-state index contributed by atoms with van der Waals surface area (Å²) in [5.41, 5.74) is 3.53. The van der Waals surface area contributed by atoms with E-state index in [4.69, 9.17) is 4.74 Å². The lowest BCUT2D eigenvalue weighted by Crippen LogP contribution is -2.38. The van der Waals surface area contributed by atoms with E-state index in [-0.39, 0.29) is 17.7 Å². The number of carbonyl (C=O) groups excluding carboxylic acids is 1. The van der Waals surface area contributed by atoms with Crippen LogP contribution in [0.5, 0.6) is 0 Å². The highest BCUT2D eigenvalue weighted by Gasteiger charge is 2.23. The van der Waals surface area contributed by atoms with E-state index >= 15 is 0 Å². The van der Waals surface area contributed by atoms with Gasteiger partial charge in [0, 0.05) is 19.6 Å². The van der Waals surface area contributed by atoms with Crippen molar-refractivity contribution >= 4 is 12.0 Å². The molecule has 4 rings (SSSR count). The number of ether oxygens (including phenoxy) is 1. The van der Waals surface area contributed by atoms with Crippen LogP contribution in [-0.2, 0) is 4.74 Å². The molecule has 0 aliphatic carbocycles. The van der Waals surface area contributed by atoms with E-state index in [9.17, 15) is 9.59 Å². The zero-order chi connectivity index (χ0) is 23.2. The molecule has 0 bridgehead atoms. The minimum atomic E-state index is -0.368. The van der Waals surface area contributed by atoms with Gasteiger partial charge in [0.15, 0.2) is 0 Å². The van der Waals surface area contributed by atoms with Gasteiger partial charge in [-0.05, 0) is 56.5 Å². The Kier molecular flexibility index (Phi) is 7.19. The number of piperidine rings is 1. The van der Waals surface area contributed by atoms with Crippen LogP contribution in [0.3, 0.4) is 0 Å². The average Bonchev–Trinajstić information content (AvgIpc) is 3.21. The molecule has 0 saturated carbocycles. The summed E-state index contributed by atoms with van der Waals surface area (Å²) in [5.74, 6) is -0.368. The van der Waals surface area contributed by atoms with Crippen LogP contribution in [0, 0.1) is 0 Å².